The van der Waals surface area contributed by atoms with E-state index in [1.54, 1.807) is 0 Å². The van der Waals surface area contributed by atoms with Crippen molar-refractivity contribution in [1.29, 1.82) is 0 Å². The average Bonchev–Trinajstić information content (AvgIpc) is 2.77. The second-order valence-corrected chi connectivity index (χ2v) is 6.09. The van der Waals surface area contributed by atoms with E-state index < -0.39 is 17.9 Å². The molecule has 2 heterocycles. The summed E-state index contributed by atoms with van der Waals surface area (Å²) in [5.74, 6) is -1.32. The normalized spacial score (nSPS) is 18.5. The molecule has 1 aromatic heterocycles. The van der Waals surface area contributed by atoms with Gasteiger partial charge in [-0.15, -0.1) is 0 Å². The molecule has 1 N–H and O–H groups in total. The molecule has 6 heteroatoms. The first-order chi connectivity index (χ1) is 9.27. The van der Waals surface area contributed by atoms with Gasteiger partial charge in [-0.25, -0.2) is 9.78 Å². The fraction of sp³-hybridized carbons (Fsp3) is 0.643. The highest BCUT2D eigenvalue weighted by atomic mass is 16.5. The predicted molar refractivity (Wildman–Crippen MR) is 71.9 cm³/mol. The van der Waals surface area contributed by atoms with Crippen molar-refractivity contribution in [2.45, 2.75) is 51.5 Å². The third-order valence-electron chi connectivity index (χ3n) is 3.57. The number of imidazole rings is 1. The van der Waals surface area contributed by atoms with Crippen molar-refractivity contribution in [3.8, 4) is 0 Å². The van der Waals surface area contributed by atoms with Crippen molar-refractivity contribution in [1.82, 2.24) is 9.55 Å². The summed E-state index contributed by atoms with van der Waals surface area (Å²) in [6.07, 6.45) is 1.41. The van der Waals surface area contributed by atoms with Gasteiger partial charge in [0.1, 0.15) is 5.82 Å². The molecule has 110 valence electrons. The molecule has 0 saturated heterocycles. The van der Waals surface area contributed by atoms with Gasteiger partial charge < -0.3 is 14.4 Å². The minimum absolute atomic E-state index is 0.0231. The fourth-order valence-corrected chi connectivity index (χ4v) is 2.74. The second kappa shape index (κ2) is 4.92. The van der Waals surface area contributed by atoms with Gasteiger partial charge >= 0.3 is 11.9 Å². The minimum Gasteiger partial charge on any atom is -0.476 e. The molecule has 1 atom stereocenters. The molecule has 1 unspecified atom stereocenters. The summed E-state index contributed by atoms with van der Waals surface area (Å²) in [7, 11) is 1.32. The number of carbonyl (C=O) groups excluding carboxylic acids is 1. The van der Waals surface area contributed by atoms with Gasteiger partial charge in [0.15, 0.2) is 5.69 Å². The zero-order valence-corrected chi connectivity index (χ0v) is 12.3. The van der Waals surface area contributed by atoms with Crippen LogP contribution in [0.1, 0.15) is 61.5 Å². The van der Waals surface area contributed by atoms with E-state index in [9.17, 15) is 14.7 Å². The number of methoxy groups -OCH3 is 1. The van der Waals surface area contributed by atoms with E-state index in [1.807, 2.05) is 25.3 Å². The molecule has 1 aliphatic heterocycles. The van der Waals surface area contributed by atoms with E-state index in [-0.39, 0.29) is 11.1 Å². The van der Waals surface area contributed by atoms with Crippen molar-refractivity contribution < 1.29 is 19.4 Å². The van der Waals surface area contributed by atoms with Gasteiger partial charge in [0.2, 0.25) is 0 Å². The Bertz CT molecular complexity index is 554. The molecular weight excluding hydrogens is 260 g/mol. The molecule has 0 radical (unpaired) electrons. The number of carboxylic acid groups (broad SMARTS) is 1. The lowest BCUT2D eigenvalue weighted by molar-refractivity contribution is -0.143. The molecule has 0 aromatic carbocycles. The largest absolute Gasteiger partial charge is 0.476 e. The van der Waals surface area contributed by atoms with Crippen molar-refractivity contribution in [2.24, 2.45) is 0 Å². The lowest BCUT2D eigenvalue weighted by Gasteiger charge is -2.27. The first kappa shape index (κ1) is 14.6. The van der Waals surface area contributed by atoms with Crippen LogP contribution >= 0.6 is 0 Å². The number of fused-ring (bicyclic) bond motifs is 1. The van der Waals surface area contributed by atoms with E-state index >= 15 is 0 Å². The number of ether oxygens (including phenoxy) is 1. The monoisotopic (exact) mass is 280 g/mol. The summed E-state index contributed by atoms with van der Waals surface area (Å²) in [5.41, 5.74) is 0.186. The maximum Gasteiger partial charge on any atom is 0.356 e. The van der Waals surface area contributed by atoms with Crippen LogP contribution in [0.4, 0.5) is 0 Å². The molecule has 1 aliphatic rings. The number of carbonyl (C=O) groups is 2. The molecule has 0 amide bonds. The Labute approximate surface area is 117 Å². The van der Waals surface area contributed by atoms with Crippen LogP contribution in [-0.4, -0.2) is 33.7 Å². The van der Waals surface area contributed by atoms with E-state index in [4.69, 9.17) is 4.74 Å². The van der Waals surface area contributed by atoms with Gasteiger partial charge in [0, 0.05) is 12.0 Å². The third-order valence-corrected chi connectivity index (χ3v) is 3.57. The van der Waals surface area contributed by atoms with Crippen LogP contribution in [0.25, 0.3) is 0 Å². The number of carboxylic acids is 1. The van der Waals surface area contributed by atoms with Gasteiger partial charge in [-0.2, -0.15) is 0 Å². The number of hydrogen-bond acceptors (Lipinski definition) is 4. The molecule has 0 spiro atoms. The summed E-state index contributed by atoms with van der Waals surface area (Å²) >= 11 is 0. The molecule has 0 bridgehead atoms. The molecule has 0 fully saturated rings. The van der Waals surface area contributed by atoms with Crippen LogP contribution in [0.5, 0.6) is 0 Å². The van der Waals surface area contributed by atoms with E-state index in [2.05, 4.69) is 4.98 Å². The summed E-state index contributed by atoms with van der Waals surface area (Å²) < 4.78 is 6.69. The van der Waals surface area contributed by atoms with Crippen molar-refractivity contribution in [3.05, 3.63) is 17.2 Å². The van der Waals surface area contributed by atoms with Gasteiger partial charge in [-0.3, -0.25) is 4.79 Å². The van der Waals surface area contributed by atoms with E-state index in [0.29, 0.717) is 24.5 Å². The molecule has 6 nitrogen and oxygen atoms in total. The van der Waals surface area contributed by atoms with Crippen molar-refractivity contribution in [3.63, 3.8) is 0 Å². The second-order valence-electron chi connectivity index (χ2n) is 6.09. The summed E-state index contributed by atoms with van der Waals surface area (Å²) in [4.78, 5) is 27.6. The van der Waals surface area contributed by atoms with Gasteiger partial charge in [0.05, 0.1) is 18.7 Å². The Balaban J connectivity index is 2.65. The highest BCUT2D eigenvalue weighted by Crippen LogP contribution is 2.35. The van der Waals surface area contributed by atoms with Gasteiger partial charge in [-0.1, -0.05) is 20.8 Å². The lowest BCUT2D eigenvalue weighted by atomic mass is 9.92. The molecule has 0 aliphatic carbocycles. The van der Waals surface area contributed by atoms with Crippen molar-refractivity contribution in [2.75, 3.05) is 7.11 Å². The highest BCUT2D eigenvalue weighted by Gasteiger charge is 2.37. The van der Waals surface area contributed by atoms with Crippen molar-refractivity contribution >= 4 is 11.9 Å². The van der Waals surface area contributed by atoms with Gasteiger partial charge in [-0.05, 0) is 12.8 Å². The average molecular weight is 280 g/mol. The zero-order chi connectivity index (χ0) is 15.1. The maximum absolute atomic E-state index is 11.9. The van der Waals surface area contributed by atoms with Gasteiger partial charge in [0.25, 0.3) is 0 Å². The number of nitrogens with zero attached hydrogens (tertiary/aromatic N) is 2. The number of aromatic carboxylic acids is 1. The Hall–Kier alpha value is -1.85. The van der Waals surface area contributed by atoms with Crippen LogP contribution in [0.3, 0.4) is 0 Å². The topological polar surface area (TPSA) is 81.4 Å². The number of aromatic nitrogens is 2. The van der Waals surface area contributed by atoms with E-state index in [1.165, 1.54) is 7.11 Å². The Kier molecular flexibility index (Phi) is 3.58. The SMILES string of the molecule is COC(=O)C1CCCn2c(C(C)(C)C)nc(C(=O)O)c21. The lowest BCUT2D eigenvalue weighted by Crippen LogP contribution is -2.27. The first-order valence-electron chi connectivity index (χ1n) is 6.69. The number of esters is 1. The standard InChI is InChI=1S/C14H20N2O4/c1-14(2,3)13-15-9(11(17)18)10-8(12(19)20-4)6-5-7-16(10)13/h8H,5-7H2,1-4H3,(H,17,18). The quantitative estimate of drug-likeness (QED) is 0.837. The van der Waals surface area contributed by atoms with Crippen LogP contribution in [0, 0.1) is 0 Å². The first-order valence-corrected chi connectivity index (χ1v) is 6.69. The summed E-state index contributed by atoms with van der Waals surface area (Å²) in [6, 6.07) is 0. The molecule has 0 saturated carbocycles. The smallest absolute Gasteiger partial charge is 0.356 e. The summed E-state index contributed by atoms with van der Waals surface area (Å²) in [5, 5.41) is 9.36. The highest BCUT2D eigenvalue weighted by molar-refractivity contribution is 5.90. The Morgan fingerprint density at radius 3 is 2.55 bits per heavy atom. The van der Waals surface area contributed by atoms with Crippen LogP contribution in [0.15, 0.2) is 0 Å². The van der Waals surface area contributed by atoms with E-state index in [0.717, 1.165) is 6.42 Å². The minimum atomic E-state index is -1.10. The fourth-order valence-electron chi connectivity index (χ4n) is 2.74. The molecular formula is C14H20N2O4. The number of hydrogen-bond donors (Lipinski definition) is 1. The molecule has 1 aromatic rings. The predicted octanol–water partition coefficient (Wildman–Crippen LogP) is 1.93. The van der Waals surface area contributed by atoms with Crippen LogP contribution < -0.4 is 0 Å². The third kappa shape index (κ3) is 2.30. The van der Waals surface area contributed by atoms with Crippen LogP contribution in [-0.2, 0) is 21.5 Å². The molecule has 20 heavy (non-hydrogen) atoms. The van der Waals surface area contributed by atoms with Crippen LogP contribution in [0.2, 0.25) is 0 Å². The number of rotatable bonds is 2. The Morgan fingerprint density at radius 2 is 2.05 bits per heavy atom. The Morgan fingerprint density at radius 1 is 1.40 bits per heavy atom. The summed E-state index contributed by atoms with van der Waals surface area (Å²) in [6.45, 7) is 6.64. The zero-order valence-electron chi connectivity index (χ0n) is 12.3. The maximum atomic E-state index is 11.9. The molecule has 2 rings (SSSR count).